The molecule has 0 amide bonds. The Labute approximate surface area is 113 Å². The summed E-state index contributed by atoms with van der Waals surface area (Å²) >= 11 is 0. The van der Waals surface area contributed by atoms with E-state index in [1.165, 1.54) is 0 Å². The first-order chi connectivity index (χ1) is 8.97. The molecule has 1 aromatic heterocycles. The maximum absolute atomic E-state index is 5.76. The third-order valence-electron chi connectivity index (χ3n) is 3.25. The minimum atomic E-state index is 0.107. The van der Waals surface area contributed by atoms with E-state index in [-0.39, 0.29) is 18.1 Å². The minimum Gasteiger partial charge on any atom is -0.376 e. The summed E-state index contributed by atoms with van der Waals surface area (Å²) in [5.41, 5.74) is 5.76. The summed E-state index contributed by atoms with van der Waals surface area (Å²) < 4.78 is 5.55. The third-order valence-corrected chi connectivity index (χ3v) is 3.25. The first kappa shape index (κ1) is 14.0. The molecule has 1 fully saturated rings. The summed E-state index contributed by atoms with van der Waals surface area (Å²) in [4.78, 5) is 17.0. The van der Waals surface area contributed by atoms with E-state index in [0.717, 1.165) is 19.7 Å². The Hall–Kier alpha value is -1.47. The van der Waals surface area contributed by atoms with Crippen molar-refractivity contribution >= 4 is 11.9 Å². The molecule has 0 saturated carbocycles. The molecule has 0 bridgehead atoms. The van der Waals surface area contributed by atoms with Gasteiger partial charge in [0, 0.05) is 27.2 Å². The van der Waals surface area contributed by atoms with Crippen molar-refractivity contribution in [2.24, 2.45) is 0 Å². The van der Waals surface area contributed by atoms with Gasteiger partial charge in [0.15, 0.2) is 5.82 Å². The molecule has 2 heterocycles. The Bertz CT molecular complexity index is 438. The second kappa shape index (κ2) is 5.66. The van der Waals surface area contributed by atoms with Gasteiger partial charge < -0.3 is 15.4 Å². The molecule has 2 N–H and O–H groups in total. The third kappa shape index (κ3) is 3.30. The van der Waals surface area contributed by atoms with Crippen molar-refractivity contribution in [2.75, 3.05) is 44.4 Å². The molecule has 19 heavy (non-hydrogen) atoms. The maximum Gasteiger partial charge on any atom is 0.229 e. The van der Waals surface area contributed by atoms with Crippen LogP contribution < -0.4 is 10.6 Å². The SMILES string of the molecule is C[C@H](c1nc(N)nc(N(C)C)n1)N1CCO[C@@H](C)C1. The molecule has 7 nitrogen and oxygen atoms in total. The van der Waals surface area contributed by atoms with Crippen molar-refractivity contribution in [3.8, 4) is 0 Å². The van der Waals surface area contributed by atoms with E-state index in [2.05, 4.69) is 33.7 Å². The Balaban J connectivity index is 2.20. The molecule has 0 aromatic carbocycles. The number of aromatic nitrogens is 3. The summed E-state index contributed by atoms with van der Waals surface area (Å²) in [5, 5.41) is 0. The largest absolute Gasteiger partial charge is 0.376 e. The normalized spacial score (nSPS) is 22.2. The van der Waals surface area contributed by atoms with Gasteiger partial charge in [0.05, 0.1) is 18.8 Å². The zero-order chi connectivity index (χ0) is 14.0. The van der Waals surface area contributed by atoms with E-state index in [9.17, 15) is 0 Å². The van der Waals surface area contributed by atoms with Gasteiger partial charge in [0.1, 0.15) is 0 Å². The standard InChI is InChI=1S/C12H22N6O/c1-8-7-18(5-6-19-8)9(2)10-14-11(13)16-12(15-10)17(3)4/h8-9H,5-7H2,1-4H3,(H2,13,14,15,16)/t8-,9+/m0/s1. The van der Waals surface area contributed by atoms with Gasteiger partial charge in [-0.15, -0.1) is 0 Å². The Morgan fingerprint density at radius 3 is 2.74 bits per heavy atom. The molecule has 7 heteroatoms. The summed E-state index contributed by atoms with van der Waals surface area (Å²) in [5.74, 6) is 1.57. The second-order valence-corrected chi connectivity index (χ2v) is 5.10. The number of morpholine rings is 1. The quantitative estimate of drug-likeness (QED) is 0.842. The highest BCUT2D eigenvalue weighted by Crippen LogP contribution is 2.21. The number of anilines is 2. The first-order valence-electron chi connectivity index (χ1n) is 6.52. The van der Waals surface area contributed by atoms with Crippen LogP contribution in [0.25, 0.3) is 0 Å². The van der Waals surface area contributed by atoms with Crippen molar-refractivity contribution < 1.29 is 4.74 Å². The van der Waals surface area contributed by atoms with Crippen LogP contribution in [-0.2, 0) is 4.74 Å². The minimum absolute atomic E-state index is 0.107. The number of hydrogen-bond donors (Lipinski definition) is 1. The molecular formula is C12H22N6O. The molecule has 0 spiro atoms. The van der Waals surface area contributed by atoms with Crippen molar-refractivity contribution in [2.45, 2.75) is 26.0 Å². The van der Waals surface area contributed by atoms with Crippen LogP contribution in [0.5, 0.6) is 0 Å². The van der Waals surface area contributed by atoms with Gasteiger partial charge in [-0.05, 0) is 13.8 Å². The van der Waals surface area contributed by atoms with Gasteiger partial charge in [0.2, 0.25) is 11.9 Å². The Morgan fingerprint density at radius 1 is 1.37 bits per heavy atom. The molecule has 2 atom stereocenters. The highest BCUT2D eigenvalue weighted by atomic mass is 16.5. The predicted octanol–water partition coefficient (Wildman–Crippen LogP) is 0.302. The fourth-order valence-electron chi connectivity index (χ4n) is 2.14. The molecule has 0 aliphatic carbocycles. The maximum atomic E-state index is 5.76. The van der Waals surface area contributed by atoms with Crippen LogP contribution in [0.1, 0.15) is 25.7 Å². The van der Waals surface area contributed by atoms with Crippen LogP contribution in [0.4, 0.5) is 11.9 Å². The summed E-state index contributed by atoms with van der Waals surface area (Å²) in [6, 6.07) is 0.107. The van der Waals surface area contributed by atoms with Crippen LogP contribution in [0.15, 0.2) is 0 Å². The molecule has 1 aliphatic rings. The van der Waals surface area contributed by atoms with Gasteiger partial charge in [-0.25, -0.2) is 0 Å². The number of ether oxygens (including phenoxy) is 1. The Kier molecular flexibility index (Phi) is 4.16. The molecule has 1 saturated heterocycles. The zero-order valence-corrected chi connectivity index (χ0v) is 12.0. The monoisotopic (exact) mass is 266 g/mol. The van der Waals surface area contributed by atoms with E-state index >= 15 is 0 Å². The van der Waals surface area contributed by atoms with Crippen LogP contribution in [-0.4, -0.2) is 59.7 Å². The molecule has 0 unspecified atom stereocenters. The smallest absolute Gasteiger partial charge is 0.229 e. The van der Waals surface area contributed by atoms with E-state index < -0.39 is 0 Å². The lowest BCUT2D eigenvalue weighted by atomic mass is 10.2. The lowest BCUT2D eigenvalue weighted by Crippen LogP contribution is -2.42. The van der Waals surface area contributed by atoms with Crippen LogP contribution in [0.3, 0.4) is 0 Å². The van der Waals surface area contributed by atoms with E-state index in [1.807, 2.05) is 19.0 Å². The fourth-order valence-corrected chi connectivity index (χ4v) is 2.14. The Morgan fingerprint density at radius 2 is 2.11 bits per heavy atom. The second-order valence-electron chi connectivity index (χ2n) is 5.10. The van der Waals surface area contributed by atoms with Gasteiger partial charge in [-0.2, -0.15) is 15.0 Å². The van der Waals surface area contributed by atoms with Crippen LogP contribution in [0, 0.1) is 0 Å². The van der Waals surface area contributed by atoms with Gasteiger partial charge in [-0.1, -0.05) is 0 Å². The summed E-state index contributed by atoms with van der Waals surface area (Å²) in [6.07, 6.45) is 0.240. The number of nitrogens with zero attached hydrogens (tertiary/aromatic N) is 5. The van der Waals surface area contributed by atoms with Crippen LogP contribution in [0.2, 0.25) is 0 Å². The van der Waals surface area contributed by atoms with Crippen molar-refractivity contribution in [3.63, 3.8) is 0 Å². The zero-order valence-electron chi connectivity index (χ0n) is 12.0. The number of nitrogens with two attached hydrogens (primary N) is 1. The molecule has 1 aliphatic heterocycles. The van der Waals surface area contributed by atoms with E-state index in [1.54, 1.807) is 0 Å². The van der Waals surface area contributed by atoms with Gasteiger partial charge >= 0.3 is 0 Å². The lowest BCUT2D eigenvalue weighted by molar-refractivity contribution is -0.0331. The fraction of sp³-hybridized carbons (Fsp3) is 0.750. The lowest BCUT2D eigenvalue weighted by Gasteiger charge is -2.34. The molecule has 106 valence electrons. The summed E-state index contributed by atoms with van der Waals surface area (Å²) in [7, 11) is 3.78. The number of nitrogen functional groups attached to an aromatic ring is 1. The van der Waals surface area contributed by atoms with Gasteiger partial charge in [-0.3, -0.25) is 4.90 Å². The number of hydrogen-bond acceptors (Lipinski definition) is 7. The average Bonchev–Trinajstić information content (AvgIpc) is 2.37. The average molecular weight is 266 g/mol. The molecule has 1 aromatic rings. The topological polar surface area (TPSA) is 80.4 Å². The van der Waals surface area contributed by atoms with Crippen molar-refractivity contribution in [3.05, 3.63) is 5.82 Å². The summed E-state index contributed by atoms with van der Waals surface area (Å²) in [6.45, 7) is 6.67. The van der Waals surface area contributed by atoms with Gasteiger partial charge in [0.25, 0.3) is 0 Å². The van der Waals surface area contributed by atoms with Crippen LogP contribution >= 0.6 is 0 Å². The van der Waals surface area contributed by atoms with E-state index in [0.29, 0.717) is 11.8 Å². The predicted molar refractivity (Wildman–Crippen MR) is 74.0 cm³/mol. The molecule has 2 rings (SSSR count). The highest BCUT2D eigenvalue weighted by Gasteiger charge is 2.25. The highest BCUT2D eigenvalue weighted by molar-refractivity contribution is 5.33. The van der Waals surface area contributed by atoms with Crippen molar-refractivity contribution in [1.82, 2.24) is 19.9 Å². The molecular weight excluding hydrogens is 244 g/mol. The number of rotatable bonds is 3. The van der Waals surface area contributed by atoms with Crippen molar-refractivity contribution in [1.29, 1.82) is 0 Å². The molecule has 0 radical (unpaired) electrons. The van der Waals surface area contributed by atoms with E-state index in [4.69, 9.17) is 10.5 Å². The first-order valence-corrected chi connectivity index (χ1v) is 6.52.